The Kier molecular flexibility index (Phi) is 6.70. The van der Waals surface area contributed by atoms with Crippen molar-refractivity contribution in [2.75, 3.05) is 0 Å². The molecule has 0 spiro atoms. The summed E-state index contributed by atoms with van der Waals surface area (Å²) in [5, 5.41) is 17.9. The SMILES string of the molecule is CC(C)C(C(=O)O)(C(=O)O)C(C)C.[H-].[Na+]. The van der Waals surface area contributed by atoms with Crippen LogP contribution in [0.1, 0.15) is 29.1 Å². The van der Waals surface area contributed by atoms with E-state index in [0.29, 0.717) is 0 Å². The van der Waals surface area contributed by atoms with Crippen LogP contribution in [0.15, 0.2) is 0 Å². The van der Waals surface area contributed by atoms with Gasteiger partial charge in [0.2, 0.25) is 0 Å². The average Bonchev–Trinajstić information content (AvgIpc) is 1.82. The first-order valence-corrected chi connectivity index (χ1v) is 4.24. The minimum atomic E-state index is -1.67. The second-order valence-electron chi connectivity index (χ2n) is 3.79. The van der Waals surface area contributed by atoms with Crippen LogP contribution in [0.2, 0.25) is 0 Å². The number of hydrogen-bond acceptors (Lipinski definition) is 2. The van der Waals surface area contributed by atoms with Gasteiger partial charge in [-0.3, -0.25) is 9.59 Å². The third-order valence-corrected chi connectivity index (χ3v) is 2.53. The fourth-order valence-corrected chi connectivity index (χ4v) is 1.75. The summed E-state index contributed by atoms with van der Waals surface area (Å²) in [6.07, 6.45) is 0. The van der Waals surface area contributed by atoms with E-state index in [1.165, 1.54) is 0 Å². The summed E-state index contributed by atoms with van der Waals surface area (Å²) in [6.45, 7) is 6.45. The molecule has 0 aliphatic rings. The normalized spacial score (nSPS) is 11.3. The van der Waals surface area contributed by atoms with Crippen LogP contribution < -0.4 is 29.6 Å². The van der Waals surface area contributed by atoms with Crippen LogP contribution >= 0.6 is 0 Å². The predicted molar refractivity (Wildman–Crippen MR) is 48.5 cm³/mol. The maximum absolute atomic E-state index is 11.0. The third kappa shape index (κ3) is 2.49. The van der Waals surface area contributed by atoms with Crippen LogP contribution in [0, 0.1) is 17.3 Å². The Bertz CT molecular complexity index is 204. The van der Waals surface area contributed by atoms with E-state index in [4.69, 9.17) is 10.2 Å². The number of carboxylic acids is 2. The molecule has 5 heteroatoms. The van der Waals surface area contributed by atoms with Gasteiger partial charge in [0.25, 0.3) is 0 Å². The van der Waals surface area contributed by atoms with Gasteiger partial charge in [0.05, 0.1) is 0 Å². The van der Waals surface area contributed by atoms with Gasteiger partial charge < -0.3 is 11.6 Å². The van der Waals surface area contributed by atoms with Gasteiger partial charge in [0, 0.05) is 0 Å². The predicted octanol–water partition coefficient (Wildman–Crippen LogP) is -1.43. The van der Waals surface area contributed by atoms with Gasteiger partial charge in [0.1, 0.15) is 0 Å². The standard InChI is InChI=1S/C9H16O4.Na.H/c1-5(2)9(6(3)4,7(10)11)8(12)13;;/h5-6H,1-4H3,(H,10,11)(H,12,13);;/q;+1;-1. The smallest absolute Gasteiger partial charge is 1.00 e. The molecule has 0 heterocycles. The molecule has 0 atom stereocenters. The summed E-state index contributed by atoms with van der Waals surface area (Å²) in [6, 6.07) is 0. The Hall–Kier alpha value is -0.0600. The molecule has 2 N–H and O–H groups in total. The molecule has 0 aromatic rings. The maximum Gasteiger partial charge on any atom is 1.00 e. The van der Waals surface area contributed by atoms with Crippen molar-refractivity contribution >= 4 is 11.9 Å². The Morgan fingerprint density at radius 2 is 1.21 bits per heavy atom. The fourth-order valence-electron chi connectivity index (χ4n) is 1.75. The summed E-state index contributed by atoms with van der Waals surface area (Å²) in [5.74, 6) is -3.38. The molecular formula is C9H17NaO4. The summed E-state index contributed by atoms with van der Waals surface area (Å²) in [7, 11) is 0. The Labute approximate surface area is 107 Å². The molecule has 78 valence electrons. The van der Waals surface area contributed by atoms with Crippen molar-refractivity contribution in [2.45, 2.75) is 27.7 Å². The van der Waals surface area contributed by atoms with Crippen molar-refractivity contribution in [3.05, 3.63) is 0 Å². The van der Waals surface area contributed by atoms with Crippen molar-refractivity contribution in [2.24, 2.45) is 17.3 Å². The summed E-state index contributed by atoms with van der Waals surface area (Å²) < 4.78 is 0. The van der Waals surface area contributed by atoms with E-state index in [0.717, 1.165) is 0 Å². The second kappa shape index (κ2) is 5.73. The van der Waals surface area contributed by atoms with E-state index in [1.807, 2.05) is 0 Å². The van der Waals surface area contributed by atoms with Crippen molar-refractivity contribution in [1.29, 1.82) is 0 Å². The van der Waals surface area contributed by atoms with Crippen LogP contribution in [0.5, 0.6) is 0 Å². The first-order valence-electron chi connectivity index (χ1n) is 4.24. The molecule has 0 amide bonds. The van der Waals surface area contributed by atoms with Crippen LogP contribution in [0.4, 0.5) is 0 Å². The first kappa shape index (κ1) is 16.4. The molecule has 0 rings (SSSR count). The van der Waals surface area contributed by atoms with E-state index in [9.17, 15) is 9.59 Å². The molecule has 0 radical (unpaired) electrons. The zero-order valence-electron chi connectivity index (χ0n) is 10.4. The van der Waals surface area contributed by atoms with Gasteiger partial charge >= 0.3 is 41.5 Å². The molecule has 0 bridgehead atoms. The fraction of sp³-hybridized carbons (Fsp3) is 0.778. The van der Waals surface area contributed by atoms with Crippen LogP contribution in [0.25, 0.3) is 0 Å². The maximum atomic E-state index is 11.0. The van der Waals surface area contributed by atoms with E-state index >= 15 is 0 Å². The number of aliphatic carboxylic acids is 2. The zero-order valence-corrected chi connectivity index (χ0v) is 11.4. The van der Waals surface area contributed by atoms with E-state index < -0.39 is 29.2 Å². The van der Waals surface area contributed by atoms with E-state index in [1.54, 1.807) is 27.7 Å². The second-order valence-corrected chi connectivity index (χ2v) is 3.79. The molecule has 0 aromatic carbocycles. The monoisotopic (exact) mass is 212 g/mol. The minimum absolute atomic E-state index is 0. The quantitative estimate of drug-likeness (QED) is 0.442. The molecular weight excluding hydrogens is 195 g/mol. The van der Waals surface area contributed by atoms with Gasteiger partial charge in [-0.05, 0) is 11.8 Å². The summed E-state index contributed by atoms with van der Waals surface area (Å²) in [5.41, 5.74) is -1.67. The van der Waals surface area contributed by atoms with Crippen LogP contribution in [-0.4, -0.2) is 22.2 Å². The number of rotatable bonds is 4. The number of carbonyl (C=O) groups is 2. The molecule has 0 aliphatic heterocycles. The molecule has 0 fully saturated rings. The summed E-state index contributed by atoms with van der Waals surface area (Å²) >= 11 is 0. The van der Waals surface area contributed by atoms with Crippen molar-refractivity contribution in [1.82, 2.24) is 0 Å². The van der Waals surface area contributed by atoms with Crippen LogP contribution in [-0.2, 0) is 9.59 Å². The molecule has 0 aliphatic carbocycles. The van der Waals surface area contributed by atoms with Crippen LogP contribution in [0.3, 0.4) is 0 Å². The average molecular weight is 212 g/mol. The minimum Gasteiger partial charge on any atom is -1.00 e. The Morgan fingerprint density at radius 1 is 1.00 bits per heavy atom. The molecule has 0 saturated carbocycles. The Morgan fingerprint density at radius 3 is 1.21 bits per heavy atom. The first-order chi connectivity index (χ1) is 5.77. The Balaban J connectivity index is -0.000000720. The zero-order chi connectivity index (χ0) is 10.8. The molecule has 4 nitrogen and oxygen atoms in total. The largest absolute Gasteiger partial charge is 1.00 e. The summed E-state index contributed by atoms with van der Waals surface area (Å²) in [4.78, 5) is 21.9. The van der Waals surface area contributed by atoms with Gasteiger partial charge in [-0.15, -0.1) is 0 Å². The van der Waals surface area contributed by atoms with E-state index in [2.05, 4.69) is 0 Å². The van der Waals surface area contributed by atoms with Crippen molar-refractivity contribution < 1.29 is 50.8 Å². The van der Waals surface area contributed by atoms with Gasteiger partial charge in [-0.2, -0.15) is 0 Å². The van der Waals surface area contributed by atoms with Gasteiger partial charge in [-0.25, -0.2) is 0 Å². The van der Waals surface area contributed by atoms with Crippen molar-refractivity contribution in [3.8, 4) is 0 Å². The number of carboxylic acid groups (broad SMARTS) is 2. The molecule has 14 heavy (non-hydrogen) atoms. The van der Waals surface area contributed by atoms with E-state index in [-0.39, 0.29) is 31.0 Å². The molecule has 0 aromatic heterocycles. The third-order valence-electron chi connectivity index (χ3n) is 2.53. The van der Waals surface area contributed by atoms with Crippen molar-refractivity contribution in [3.63, 3.8) is 0 Å². The van der Waals surface area contributed by atoms with Gasteiger partial charge in [0.15, 0.2) is 5.41 Å². The topological polar surface area (TPSA) is 74.6 Å². The number of hydrogen-bond donors (Lipinski definition) is 2. The molecule has 0 saturated heterocycles. The van der Waals surface area contributed by atoms with Gasteiger partial charge in [-0.1, -0.05) is 27.7 Å². The molecule has 0 unspecified atom stereocenters.